The van der Waals surface area contributed by atoms with Gasteiger partial charge in [-0.2, -0.15) is 9.97 Å². The molecule has 0 aromatic carbocycles. The fraction of sp³-hybridized carbons (Fsp3) is 0.591. The van der Waals surface area contributed by atoms with Crippen molar-refractivity contribution in [3.05, 3.63) is 45.0 Å². The molecule has 17 heteroatoms. The summed E-state index contributed by atoms with van der Waals surface area (Å²) in [6.45, 7) is -0.788. The normalized spacial score (nSPS) is 30.0. The Morgan fingerprint density at radius 2 is 1.51 bits per heavy atom. The number of hydrogen-bond acceptors (Lipinski definition) is 15. The molecular weight excluding hydrogens is 524 g/mol. The van der Waals surface area contributed by atoms with E-state index in [1.54, 1.807) is 13.1 Å². The highest BCUT2D eigenvalue weighted by Gasteiger charge is 2.46. The number of nitrogens with zero attached hydrogens (tertiary/aromatic N) is 4. The molecule has 216 valence electrons. The van der Waals surface area contributed by atoms with Gasteiger partial charge in [-0.25, -0.2) is 9.59 Å². The minimum atomic E-state index is -1.11. The first-order chi connectivity index (χ1) is 18.6. The van der Waals surface area contributed by atoms with E-state index in [-0.39, 0.29) is 18.0 Å². The molecule has 8 atom stereocenters. The van der Waals surface area contributed by atoms with Gasteiger partial charge in [0.2, 0.25) is 0 Å². The van der Waals surface area contributed by atoms with Crippen LogP contribution in [0, 0.1) is 0 Å². The number of methoxy groups -OCH3 is 2. The lowest BCUT2D eigenvalue weighted by Gasteiger charge is -2.20. The second-order valence-corrected chi connectivity index (χ2v) is 8.52. The number of aldehydes is 1. The SMILES string of the molecule is CNc1ccn([C@@H]2O[C@H](CO)[C@@H](O)[C@H]2OC)c(=O)n1.CO[C@@H]1[C@H](O)[C@@H](CO)O[C@H]1n1cc(C=O)c(N)nc1=O. The van der Waals surface area contributed by atoms with E-state index >= 15 is 0 Å². The maximum atomic E-state index is 11.9. The molecule has 0 unspecified atom stereocenters. The second kappa shape index (κ2) is 13.2. The molecule has 0 spiro atoms. The molecule has 2 fully saturated rings. The van der Waals surface area contributed by atoms with Crippen molar-refractivity contribution in [2.45, 2.75) is 49.1 Å². The van der Waals surface area contributed by atoms with E-state index in [2.05, 4.69) is 15.3 Å². The Kier molecular flexibility index (Phi) is 10.2. The Morgan fingerprint density at radius 1 is 1.00 bits per heavy atom. The first-order valence-corrected chi connectivity index (χ1v) is 11.7. The van der Waals surface area contributed by atoms with Gasteiger partial charge < -0.3 is 50.4 Å². The quantitative estimate of drug-likeness (QED) is 0.172. The summed E-state index contributed by atoms with van der Waals surface area (Å²) in [6.07, 6.45) is -4.10. The number of rotatable bonds is 8. The molecule has 2 aliphatic heterocycles. The fourth-order valence-electron chi connectivity index (χ4n) is 4.21. The Balaban J connectivity index is 0.000000216. The number of nitrogens with two attached hydrogens (primary N) is 1. The molecule has 4 rings (SSSR count). The zero-order valence-corrected chi connectivity index (χ0v) is 21.4. The van der Waals surface area contributed by atoms with E-state index in [1.807, 2.05) is 0 Å². The highest BCUT2D eigenvalue weighted by atomic mass is 16.6. The van der Waals surface area contributed by atoms with Crippen molar-refractivity contribution in [2.24, 2.45) is 0 Å². The van der Waals surface area contributed by atoms with Gasteiger partial charge in [0.1, 0.15) is 48.3 Å². The molecule has 0 bridgehead atoms. The molecule has 0 radical (unpaired) electrons. The number of hydrogen-bond donors (Lipinski definition) is 6. The largest absolute Gasteiger partial charge is 0.394 e. The van der Waals surface area contributed by atoms with Gasteiger partial charge in [0.05, 0.1) is 18.8 Å². The number of carbonyl (C=O) groups excluding carboxylic acids is 1. The van der Waals surface area contributed by atoms with Gasteiger partial charge in [0.25, 0.3) is 0 Å². The maximum absolute atomic E-state index is 11.9. The summed E-state index contributed by atoms with van der Waals surface area (Å²) < 4.78 is 23.3. The summed E-state index contributed by atoms with van der Waals surface area (Å²) in [5.41, 5.74) is 4.18. The topological polar surface area (TPSA) is 243 Å². The number of anilines is 2. The van der Waals surface area contributed by atoms with Gasteiger partial charge in [-0.05, 0) is 6.07 Å². The number of carbonyl (C=O) groups is 1. The minimum Gasteiger partial charge on any atom is -0.394 e. The van der Waals surface area contributed by atoms with Crippen molar-refractivity contribution < 1.29 is 44.2 Å². The molecule has 2 aromatic rings. The van der Waals surface area contributed by atoms with Crippen molar-refractivity contribution in [2.75, 3.05) is 45.5 Å². The molecule has 0 saturated carbocycles. The lowest BCUT2D eigenvalue weighted by molar-refractivity contribution is -0.0625. The van der Waals surface area contributed by atoms with E-state index in [4.69, 9.17) is 34.9 Å². The average molecular weight is 557 g/mol. The van der Waals surface area contributed by atoms with Gasteiger partial charge in [-0.1, -0.05) is 0 Å². The highest BCUT2D eigenvalue weighted by molar-refractivity contribution is 5.80. The van der Waals surface area contributed by atoms with Crippen LogP contribution in [0.4, 0.5) is 11.6 Å². The molecule has 2 aliphatic rings. The van der Waals surface area contributed by atoms with E-state index in [0.717, 1.165) is 4.57 Å². The maximum Gasteiger partial charge on any atom is 0.351 e. The van der Waals surface area contributed by atoms with E-state index in [9.17, 15) is 24.6 Å². The van der Waals surface area contributed by atoms with Crippen molar-refractivity contribution in [3.63, 3.8) is 0 Å². The number of aliphatic hydroxyl groups excluding tert-OH is 4. The van der Waals surface area contributed by atoms with Crippen LogP contribution < -0.4 is 22.4 Å². The summed E-state index contributed by atoms with van der Waals surface area (Å²) in [5, 5.41) is 40.8. The number of aliphatic hydroxyl groups is 4. The van der Waals surface area contributed by atoms with Crippen LogP contribution in [0.15, 0.2) is 28.0 Å². The predicted molar refractivity (Wildman–Crippen MR) is 132 cm³/mol. The van der Waals surface area contributed by atoms with Crippen LogP contribution in [0.2, 0.25) is 0 Å². The third kappa shape index (κ3) is 6.15. The predicted octanol–water partition coefficient (Wildman–Crippen LogP) is -3.55. The number of ether oxygens (including phenoxy) is 4. The van der Waals surface area contributed by atoms with Crippen LogP contribution in [0.5, 0.6) is 0 Å². The summed E-state index contributed by atoms with van der Waals surface area (Å²) in [4.78, 5) is 41.9. The van der Waals surface area contributed by atoms with Gasteiger partial charge in [0, 0.05) is 33.7 Å². The molecule has 39 heavy (non-hydrogen) atoms. The Hall–Kier alpha value is -3.29. The average Bonchev–Trinajstić information content (AvgIpc) is 3.43. The zero-order chi connectivity index (χ0) is 28.9. The minimum absolute atomic E-state index is 0.0185. The zero-order valence-electron chi connectivity index (χ0n) is 21.4. The van der Waals surface area contributed by atoms with Gasteiger partial charge in [0.15, 0.2) is 18.7 Å². The third-order valence-corrected chi connectivity index (χ3v) is 6.30. The summed E-state index contributed by atoms with van der Waals surface area (Å²) in [6, 6.07) is 1.61. The number of aromatic nitrogens is 4. The van der Waals surface area contributed by atoms with Crippen LogP contribution >= 0.6 is 0 Å². The first kappa shape index (κ1) is 30.3. The summed E-state index contributed by atoms with van der Waals surface area (Å²) in [5.74, 6) is 0.250. The molecule has 4 heterocycles. The third-order valence-electron chi connectivity index (χ3n) is 6.30. The van der Waals surface area contributed by atoms with Gasteiger partial charge in [-0.15, -0.1) is 0 Å². The molecule has 2 aromatic heterocycles. The van der Waals surface area contributed by atoms with E-state index in [1.165, 1.54) is 31.2 Å². The molecule has 17 nitrogen and oxygen atoms in total. The standard InChI is InChI=1S/C11H15N3O6.C11H17N3O5/c1-19-8-7(17)6(4-16)20-10(8)14-2-5(3-15)9(12)13-11(14)18;1-12-7-3-4-14(11(17)13-7)10-9(18-2)8(16)6(5-15)19-10/h2-3,6-8,10,16-17H,4H2,1H3,(H2,12,13,18);3-4,6,8-10,15-16H,5H2,1-2H3,(H,12,13,17)/t6-,7-,8-,10-;6-,8-,9-,10-/m11/s1. The summed E-state index contributed by atoms with van der Waals surface area (Å²) >= 11 is 0. The Bertz CT molecular complexity index is 1240. The smallest absolute Gasteiger partial charge is 0.351 e. The molecule has 2 saturated heterocycles. The lowest BCUT2D eigenvalue weighted by Crippen LogP contribution is -2.37. The number of nitrogen functional groups attached to an aromatic ring is 1. The molecule has 0 aliphatic carbocycles. The van der Waals surface area contributed by atoms with Gasteiger partial charge in [-0.3, -0.25) is 13.9 Å². The number of nitrogens with one attached hydrogen (secondary N) is 1. The van der Waals surface area contributed by atoms with Crippen LogP contribution in [0.3, 0.4) is 0 Å². The molecule has 7 N–H and O–H groups in total. The lowest BCUT2D eigenvalue weighted by atomic mass is 10.1. The van der Waals surface area contributed by atoms with Crippen LogP contribution in [-0.4, -0.2) is 117 Å². The fourth-order valence-corrected chi connectivity index (χ4v) is 4.21. The van der Waals surface area contributed by atoms with Crippen LogP contribution in [0.25, 0.3) is 0 Å². The Morgan fingerprint density at radius 3 is 1.95 bits per heavy atom. The molecular formula is C22H32N6O11. The second-order valence-electron chi connectivity index (χ2n) is 8.52. The first-order valence-electron chi connectivity index (χ1n) is 11.7. The highest BCUT2D eigenvalue weighted by Crippen LogP contribution is 2.31. The van der Waals surface area contributed by atoms with Gasteiger partial charge >= 0.3 is 11.4 Å². The van der Waals surface area contributed by atoms with Crippen LogP contribution in [0.1, 0.15) is 22.8 Å². The van der Waals surface area contributed by atoms with E-state index in [0.29, 0.717) is 12.1 Å². The molecule has 0 amide bonds. The van der Waals surface area contributed by atoms with Crippen LogP contribution in [-0.2, 0) is 18.9 Å². The monoisotopic (exact) mass is 556 g/mol. The summed E-state index contributed by atoms with van der Waals surface area (Å²) in [7, 11) is 4.40. The van der Waals surface area contributed by atoms with Crippen molar-refractivity contribution >= 4 is 17.9 Å². The van der Waals surface area contributed by atoms with Crippen molar-refractivity contribution in [1.82, 2.24) is 19.1 Å². The van der Waals surface area contributed by atoms with Crippen molar-refractivity contribution in [1.29, 1.82) is 0 Å². The Labute approximate surface area is 221 Å². The van der Waals surface area contributed by atoms with Crippen molar-refractivity contribution in [3.8, 4) is 0 Å². The van der Waals surface area contributed by atoms with E-state index < -0.39 is 67.1 Å².